The number of hydrazine groups is 1. The summed E-state index contributed by atoms with van der Waals surface area (Å²) < 4.78 is 0. The normalized spacial score (nSPS) is 17.4. The largest absolute Gasteiger partial charge is 0.396 e. The van der Waals surface area contributed by atoms with Crippen LogP contribution in [0.2, 0.25) is 10.0 Å². The van der Waals surface area contributed by atoms with Crippen LogP contribution in [0, 0.1) is 0 Å². The lowest BCUT2D eigenvalue weighted by Crippen LogP contribution is -2.52. The van der Waals surface area contributed by atoms with Crippen LogP contribution in [0.4, 0.5) is 5.69 Å². The molecule has 5 nitrogen and oxygen atoms in total. The third kappa shape index (κ3) is 3.51. The highest BCUT2D eigenvalue weighted by Gasteiger charge is 2.17. The Morgan fingerprint density at radius 1 is 1.21 bits per heavy atom. The van der Waals surface area contributed by atoms with Crippen LogP contribution in [0.1, 0.15) is 10.4 Å². The molecule has 0 bridgehead atoms. The van der Waals surface area contributed by atoms with E-state index in [1.807, 2.05) is 5.01 Å². The number of anilines is 1. The number of nitrogen functional groups attached to an aromatic ring is 1. The van der Waals surface area contributed by atoms with Crippen molar-refractivity contribution in [1.82, 2.24) is 15.3 Å². The highest BCUT2D eigenvalue weighted by Crippen LogP contribution is 2.28. The van der Waals surface area contributed by atoms with E-state index in [0.29, 0.717) is 11.3 Å². The molecule has 1 amide bonds. The number of hydrogen-bond acceptors (Lipinski definition) is 4. The van der Waals surface area contributed by atoms with Crippen molar-refractivity contribution < 1.29 is 4.79 Å². The maximum atomic E-state index is 12.1. The van der Waals surface area contributed by atoms with Crippen molar-refractivity contribution in [1.29, 1.82) is 0 Å². The highest BCUT2D eigenvalue weighted by atomic mass is 35.5. The number of benzene rings is 1. The molecule has 0 unspecified atom stereocenters. The minimum absolute atomic E-state index is 0.228. The number of amides is 1. The maximum Gasteiger partial charge on any atom is 0.265 e. The molecule has 1 aromatic carbocycles. The molecule has 2 rings (SSSR count). The van der Waals surface area contributed by atoms with Gasteiger partial charge in [0.25, 0.3) is 5.91 Å². The van der Waals surface area contributed by atoms with E-state index in [-0.39, 0.29) is 16.0 Å². The molecule has 0 aromatic heterocycles. The summed E-state index contributed by atoms with van der Waals surface area (Å²) in [5.41, 5.74) is 9.17. The maximum absolute atomic E-state index is 12.1. The molecule has 0 radical (unpaired) electrons. The summed E-state index contributed by atoms with van der Waals surface area (Å²) in [6, 6.07) is 3.04. The summed E-state index contributed by atoms with van der Waals surface area (Å²) in [5, 5.41) is 2.47. The number of hydrogen-bond donors (Lipinski definition) is 2. The second kappa shape index (κ2) is 5.96. The fraction of sp³-hybridized carbons (Fsp3) is 0.417. The van der Waals surface area contributed by atoms with Gasteiger partial charge in [0, 0.05) is 31.7 Å². The van der Waals surface area contributed by atoms with Gasteiger partial charge in [0.1, 0.15) is 0 Å². The Morgan fingerprint density at radius 2 is 1.74 bits per heavy atom. The number of piperazine rings is 1. The molecule has 0 aliphatic carbocycles. The lowest BCUT2D eigenvalue weighted by Gasteiger charge is -2.32. The van der Waals surface area contributed by atoms with E-state index in [2.05, 4.69) is 17.4 Å². The number of rotatable bonds is 2. The minimum atomic E-state index is -0.228. The zero-order valence-corrected chi connectivity index (χ0v) is 12.1. The number of carbonyl (C=O) groups excluding carboxylic acids is 1. The van der Waals surface area contributed by atoms with Crippen LogP contribution in [0.3, 0.4) is 0 Å². The van der Waals surface area contributed by atoms with Gasteiger partial charge in [-0.3, -0.25) is 10.2 Å². The second-order valence-corrected chi connectivity index (χ2v) is 5.40. The van der Waals surface area contributed by atoms with Crippen LogP contribution in [-0.2, 0) is 0 Å². The Bertz CT molecular complexity index is 464. The molecular formula is C12H16Cl2N4O. The summed E-state index contributed by atoms with van der Waals surface area (Å²) in [6.07, 6.45) is 0. The summed E-state index contributed by atoms with van der Waals surface area (Å²) in [6.45, 7) is 3.42. The van der Waals surface area contributed by atoms with Gasteiger partial charge in [0.2, 0.25) is 0 Å². The lowest BCUT2D eigenvalue weighted by molar-refractivity contribution is 0.0662. The highest BCUT2D eigenvalue weighted by molar-refractivity contribution is 6.39. The number of halogens is 2. The summed E-state index contributed by atoms with van der Waals surface area (Å²) >= 11 is 11.8. The zero-order chi connectivity index (χ0) is 14.0. The molecule has 1 heterocycles. The number of nitrogens with zero attached hydrogens (tertiary/aromatic N) is 2. The molecule has 104 valence electrons. The van der Waals surface area contributed by atoms with E-state index in [4.69, 9.17) is 28.9 Å². The molecular weight excluding hydrogens is 287 g/mol. The van der Waals surface area contributed by atoms with Gasteiger partial charge in [-0.05, 0) is 19.2 Å². The van der Waals surface area contributed by atoms with Crippen molar-refractivity contribution in [3.63, 3.8) is 0 Å². The fourth-order valence-electron chi connectivity index (χ4n) is 1.84. The van der Waals surface area contributed by atoms with Crippen molar-refractivity contribution in [2.75, 3.05) is 39.0 Å². The third-order valence-electron chi connectivity index (χ3n) is 3.10. The average Bonchev–Trinajstić information content (AvgIpc) is 2.38. The van der Waals surface area contributed by atoms with Crippen LogP contribution >= 0.6 is 23.2 Å². The zero-order valence-electron chi connectivity index (χ0n) is 10.6. The van der Waals surface area contributed by atoms with Crippen molar-refractivity contribution in [2.45, 2.75) is 0 Å². The summed E-state index contributed by atoms with van der Waals surface area (Å²) in [4.78, 5) is 14.3. The van der Waals surface area contributed by atoms with Gasteiger partial charge in [-0.25, -0.2) is 5.01 Å². The van der Waals surface area contributed by atoms with Crippen molar-refractivity contribution in [3.8, 4) is 0 Å². The summed E-state index contributed by atoms with van der Waals surface area (Å²) in [5.74, 6) is -0.228. The van der Waals surface area contributed by atoms with Crippen LogP contribution in [0.5, 0.6) is 0 Å². The van der Waals surface area contributed by atoms with E-state index in [0.717, 1.165) is 26.2 Å². The number of likely N-dealkylation sites (N-methyl/N-ethyl adjacent to an activating group) is 1. The smallest absolute Gasteiger partial charge is 0.265 e. The standard InChI is InChI=1S/C12H16Cl2N4O/c1-17-2-4-18(5-3-17)16-12(19)8-6-9(13)11(15)10(14)7-8/h6-7H,2-5,15H2,1H3,(H,16,19). The van der Waals surface area contributed by atoms with Gasteiger partial charge in [-0.1, -0.05) is 23.2 Å². The van der Waals surface area contributed by atoms with Crippen molar-refractivity contribution in [2.24, 2.45) is 0 Å². The predicted octanol–water partition coefficient (Wildman–Crippen LogP) is 1.47. The number of nitrogens with one attached hydrogen (secondary N) is 1. The summed E-state index contributed by atoms with van der Waals surface area (Å²) in [7, 11) is 2.05. The fourth-order valence-corrected chi connectivity index (χ4v) is 2.33. The first kappa shape index (κ1) is 14.4. The van der Waals surface area contributed by atoms with Gasteiger partial charge < -0.3 is 10.6 Å². The lowest BCUT2D eigenvalue weighted by atomic mass is 10.2. The second-order valence-electron chi connectivity index (χ2n) is 4.58. The van der Waals surface area contributed by atoms with Gasteiger partial charge in [0.05, 0.1) is 15.7 Å². The van der Waals surface area contributed by atoms with E-state index in [1.165, 1.54) is 12.1 Å². The van der Waals surface area contributed by atoms with Gasteiger partial charge in [0.15, 0.2) is 0 Å². The average molecular weight is 303 g/mol. The Morgan fingerprint density at radius 3 is 2.26 bits per heavy atom. The Labute approximate surface area is 122 Å². The molecule has 1 fully saturated rings. The monoisotopic (exact) mass is 302 g/mol. The molecule has 3 N–H and O–H groups in total. The first-order valence-corrected chi connectivity index (χ1v) is 6.72. The number of nitrogens with two attached hydrogens (primary N) is 1. The molecule has 0 spiro atoms. The van der Waals surface area contributed by atoms with Gasteiger partial charge >= 0.3 is 0 Å². The molecule has 0 saturated carbocycles. The molecule has 0 atom stereocenters. The topological polar surface area (TPSA) is 61.6 Å². The van der Waals surface area contributed by atoms with Gasteiger partial charge in [-0.2, -0.15) is 0 Å². The minimum Gasteiger partial charge on any atom is -0.396 e. The molecule has 1 aliphatic rings. The van der Waals surface area contributed by atoms with E-state index in [9.17, 15) is 4.79 Å². The first-order valence-electron chi connectivity index (χ1n) is 5.96. The van der Waals surface area contributed by atoms with Crippen molar-refractivity contribution >= 4 is 34.8 Å². The predicted molar refractivity (Wildman–Crippen MR) is 77.4 cm³/mol. The van der Waals surface area contributed by atoms with Crippen LogP contribution < -0.4 is 11.2 Å². The molecule has 1 saturated heterocycles. The quantitative estimate of drug-likeness (QED) is 0.812. The molecule has 19 heavy (non-hydrogen) atoms. The Hall–Kier alpha value is -1.01. The molecule has 7 heteroatoms. The first-order chi connectivity index (χ1) is 8.97. The Balaban J connectivity index is 2.04. The van der Waals surface area contributed by atoms with E-state index >= 15 is 0 Å². The SMILES string of the molecule is CN1CCN(NC(=O)c2cc(Cl)c(N)c(Cl)c2)CC1. The molecule has 1 aromatic rings. The molecule has 1 aliphatic heterocycles. The van der Waals surface area contributed by atoms with Crippen molar-refractivity contribution in [3.05, 3.63) is 27.7 Å². The van der Waals surface area contributed by atoms with Crippen LogP contribution in [-0.4, -0.2) is 49.0 Å². The van der Waals surface area contributed by atoms with E-state index in [1.54, 1.807) is 0 Å². The number of carbonyl (C=O) groups is 1. The Kier molecular flexibility index (Phi) is 4.52. The van der Waals surface area contributed by atoms with Gasteiger partial charge in [-0.15, -0.1) is 0 Å². The third-order valence-corrected chi connectivity index (χ3v) is 3.73. The van der Waals surface area contributed by atoms with Crippen LogP contribution in [0.25, 0.3) is 0 Å². The van der Waals surface area contributed by atoms with Crippen LogP contribution in [0.15, 0.2) is 12.1 Å². The van der Waals surface area contributed by atoms with E-state index < -0.39 is 0 Å².